The number of anilines is 1. The molecule has 0 bridgehead atoms. The van der Waals surface area contributed by atoms with Crippen LogP contribution in [0.3, 0.4) is 0 Å². The lowest BCUT2D eigenvalue weighted by Crippen LogP contribution is -2.28. The highest BCUT2D eigenvalue weighted by Crippen LogP contribution is 2.23. The number of nitrogens with one attached hydrogen (secondary N) is 2. The molecule has 0 saturated carbocycles. The van der Waals surface area contributed by atoms with Crippen LogP contribution in [0, 0.1) is 6.92 Å². The predicted molar refractivity (Wildman–Crippen MR) is 112 cm³/mol. The highest BCUT2D eigenvalue weighted by atomic mass is 32.2. The first kappa shape index (κ1) is 19.6. The minimum Gasteiger partial charge on any atom is -0.497 e. The Bertz CT molecular complexity index is 925. The quantitative estimate of drug-likeness (QED) is 0.580. The number of aryl methyl sites for hydroxylation is 1. The van der Waals surface area contributed by atoms with Crippen molar-refractivity contribution < 1.29 is 14.3 Å². The van der Waals surface area contributed by atoms with Crippen LogP contribution in [0.1, 0.15) is 17.5 Å². The van der Waals surface area contributed by atoms with E-state index in [9.17, 15) is 9.59 Å². The van der Waals surface area contributed by atoms with Gasteiger partial charge in [0, 0.05) is 18.2 Å². The molecule has 1 fully saturated rings. The second-order valence-corrected chi connectivity index (χ2v) is 7.33. The van der Waals surface area contributed by atoms with Crippen LogP contribution in [-0.2, 0) is 9.59 Å². The van der Waals surface area contributed by atoms with E-state index in [-0.39, 0.29) is 18.2 Å². The van der Waals surface area contributed by atoms with Gasteiger partial charge in [-0.15, -0.1) is 5.10 Å². The lowest BCUT2D eigenvalue weighted by molar-refractivity contribution is -0.122. The second kappa shape index (κ2) is 9.18. The van der Waals surface area contributed by atoms with Crippen molar-refractivity contribution in [2.24, 2.45) is 10.2 Å². The van der Waals surface area contributed by atoms with Crippen molar-refractivity contribution in [1.82, 2.24) is 5.32 Å². The summed E-state index contributed by atoms with van der Waals surface area (Å²) in [5.74, 6) is 0.132. The number of carbonyl (C=O) groups excluding carboxylic acids is 2. The normalized spacial score (nSPS) is 17.7. The van der Waals surface area contributed by atoms with E-state index >= 15 is 0 Å². The zero-order chi connectivity index (χ0) is 19.9. The summed E-state index contributed by atoms with van der Waals surface area (Å²) in [5, 5.41) is 13.3. The Balaban J connectivity index is 1.54. The number of thioether (sulfide) groups is 1. The first-order valence-corrected chi connectivity index (χ1v) is 9.50. The molecule has 1 aliphatic rings. The SMILES string of the molecule is COc1cccc(NC(=O)CC2S/C(=N/N=C/c3ccc(C)cc3)NC2=O)c1. The van der Waals surface area contributed by atoms with Gasteiger partial charge in [0.15, 0.2) is 5.17 Å². The molecule has 1 aliphatic heterocycles. The average Bonchev–Trinajstić information content (AvgIpc) is 3.02. The number of methoxy groups -OCH3 is 1. The summed E-state index contributed by atoms with van der Waals surface area (Å²) < 4.78 is 5.13. The number of amidine groups is 1. The molecule has 1 atom stereocenters. The number of rotatable bonds is 6. The number of hydrogen-bond donors (Lipinski definition) is 2. The Kier molecular flexibility index (Phi) is 6.44. The van der Waals surface area contributed by atoms with Gasteiger partial charge in [0.05, 0.1) is 13.3 Å². The Morgan fingerprint density at radius 3 is 2.82 bits per heavy atom. The van der Waals surface area contributed by atoms with E-state index in [1.807, 2.05) is 31.2 Å². The van der Waals surface area contributed by atoms with Gasteiger partial charge in [0.2, 0.25) is 11.8 Å². The second-order valence-electron chi connectivity index (χ2n) is 6.14. The van der Waals surface area contributed by atoms with E-state index in [4.69, 9.17) is 4.74 Å². The molecule has 144 valence electrons. The molecule has 0 aliphatic carbocycles. The van der Waals surface area contributed by atoms with E-state index in [2.05, 4.69) is 20.8 Å². The molecule has 28 heavy (non-hydrogen) atoms. The summed E-state index contributed by atoms with van der Waals surface area (Å²) >= 11 is 1.19. The van der Waals surface area contributed by atoms with Gasteiger partial charge in [0.25, 0.3) is 0 Å². The van der Waals surface area contributed by atoms with Crippen LogP contribution in [0.25, 0.3) is 0 Å². The van der Waals surface area contributed by atoms with Gasteiger partial charge in [-0.05, 0) is 24.6 Å². The van der Waals surface area contributed by atoms with Crippen molar-refractivity contribution in [2.45, 2.75) is 18.6 Å². The molecule has 1 heterocycles. The molecule has 3 rings (SSSR count). The number of nitrogens with zero attached hydrogens (tertiary/aromatic N) is 2. The molecule has 7 nitrogen and oxygen atoms in total. The molecule has 0 aromatic heterocycles. The van der Waals surface area contributed by atoms with Crippen molar-refractivity contribution in [3.8, 4) is 5.75 Å². The van der Waals surface area contributed by atoms with Crippen molar-refractivity contribution in [1.29, 1.82) is 0 Å². The maximum atomic E-state index is 12.2. The summed E-state index contributed by atoms with van der Waals surface area (Å²) in [4.78, 5) is 24.3. The Hall–Kier alpha value is -3.13. The van der Waals surface area contributed by atoms with Crippen LogP contribution in [0.4, 0.5) is 5.69 Å². The molecule has 2 amide bonds. The van der Waals surface area contributed by atoms with Crippen LogP contribution in [0.5, 0.6) is 5.75 Å². The molecule has 2 aromatic rings. The molecular weight excluding hydrogens is 376 g/mol. The van der Waals surface area contributed by atoms with Crippen LogP contribution in [0.15, 0.2) is 58.7 Å². The maximum absolute atomic E-state index is 12.2. The van der Waals surface area contributed by atoms with Gasteiger partial charge in [-0.25, -0.2) is 0 Å². The topological polar surface area (TPSA) is 92.2 Å². The molecule has 0 spiro atoms. The molecular formula is C20H20N4O3S. The fraction of sp³-hybridized carbons (Fsp3) is 0.200. The van der Waals surface area contributed by atoms with Crippen LogP contribution in [-0.4, -0.2) is 35.6 Å². The number of ether oxygens (including phenoxy) is 1. The molecule has 8 heteroatoms. The third-order valence-corrected chi connectivity index (χ3v) is 5.01. The summed E-state index contributed by atoms with van der Waals surface area (Å²) in [6.45, 7) is 2.01. The van der Waals surface area contributed by atoms with Crippen molar-refractivity contribution in [2.75, 3.05) is 12.4 Å². The van der Waals surface area contributed by atoms with Gasteiger partial charge in [-0.1, -0.05) is 47.7 Å². The van der Waals surface area contributed by atoms with Crippen molar-refractivity contribution >= 4 is 40.6 Å². The zero-order valence-corrected chi connectivity index (χ0v) is 16.3. The van der Waals surface area contributed by atoms with Crippen LogP contribution in [0.2, 0.25) is 0 Å². The van der Waals surface area contributed by atoms with Gasteiger partial charge >= 0.3 is 0 Å². The summed E-state index contributed by atoms with van der Waals surface area (Å²) in [6.07, 6.45) is 1.65. The highest BCUT2D eigenvalue weighted by Gasteiger charge is 2.32. The first-order valence-electron chi connectivity index (χ1n) is 8.62. The van der Waals surface area contributed by atoms with E-state index in [1.165, 1.54) is 11.8 Å². The lowest BCUT2D eigenvalue weighted by Gasteiger charge is -2.08. The number of hydrogen-bond acceptors (Lipinski definition) is 6. The minimum atomic E-state index is -0.543. The predicted octanol–water partition coefficient (Wildman–Crippen LogP) is 2.95. The molecule has 0 radical (unpaired) electrons. The first-order chi connectivity index (χ1) is 13.5. The van der Waals surface area contributed by atoms with Crippen LogP contribution >= 0.6 is 11.8 Å². The summed E-state index contributed by atoms with van der Waals surface area (Å²) in [6, 6.07) is 14.9. The van der Waals surface area contributed by atoms with Gasteiger partial charge in [0.1, 0.15) is 11.0 Å². The Morgan fingerprint density at radius 2 is 2.07 bits per heavy atom. The fourth-order valence-corrected chi connectivity index (χ4v) is 3.39. The highest BCUT2D eigenvalue weighted by molar-refractivity contribution is 8.15. The van der Waals surface area contributed by atoms with E-state index < -0.39 is 5.25 Å². The molecule has 1 unspecified atom stereocenters. The largest absolute Gasteiger partial charge is 0.497 e. The van der Waals surface area contributed by atoms with Gasteiger partial charge in [-0.3, -0.25) is 9.59 Å². The lowest BCUT2D eigenvalue weighted by atomic mass is 10.2. The maximum Gasteiger partial charge on any atom is 0.240 e. The standard InChI is InChI=1S/C20H20N4O3S/c1-13-6-8-14(9-7-13)12-21-24-20-23-19(26)17(28-20)11-18(25)22-15-4-3-5-16(10-15)27-2/h3-10,12,17H,11H2,1-2H3,(H,22,25)(H,23,24,26)/b21-12+. The van der Waals surface area contributed by atoms with E-state index in [0.29, 0.717) is 16.6 Å². The molecule has 2 aromatic carbocycles. The third-order valence-electron chi connectivity index (χ3n) is 3.93. The third kappa shape index (κ3) is 5.43. The van der Waals surface area contributed by atoms with Crippen molar-refractivity contribution in [3.63, 3.8) is 0 Å². The van der Waals surface area contributed by atoms with E-state index in [1.54, 1.807) is 37.6 Å². The number of amides is 2. The molecule has 2 N–H and O–H groups in total. The molecule has 1 saturated heterocycles. The van der Waals surface area contributed by atoms with Crippen LogP contribution < -0.4 is 15.4 Å². The smallest absolute Gasteiger partial charge is 0.240 e. The van der Waals surface area contributed by atoms with Gasteiger partial charge < -0.3 is 15.4 Å². The summed E-state index contributed by atoms with van der Waals surface area (Å²) in [5.41, 5.74) is 2.69. The van der Waals surface area contributed by atoms with Crippen molar-refractivity contribution in [3.05, 3.63) is 59.7 Å². The zero-order valence-electron chi connectivity index (χ0n) is 15.5. The summed E-state index contributed by atoms with van der Waals surface area (Å²) in [7, 11) is 1.56. The minimum absolute atomic E-state index is 0.0361. The fourth-order valence-electron chi connectivity index (χ4n) is 2.47. The van der Waals surface area contributed by atoms with E-state index in [0.717, 1.165) is 11.1 Å². The Morgan fingerprint density at radius 1 is 1.29 bits per heavy atom. The number of carbonyl (C=O) groups is 2. The van der Waals surface area contributed by atoms with Gasteiger partial charge in [-0.2, -0.15) is 5.10 Å². The number of benzene rings is 2. The Labute approximate surface area is 167 Å². The monoisotopic (exact) mass is 396 g/mol. The average molecular weight is 396 g/mol.